The maximum Gasteiger partial charge on any atom is 0.417 e. The standard InChI is InChI=1S/C20H14F3N5O3/c1-11-9-12(2)28-19(25-11)26-17(27-28)18(29)31-15-6-4-14(5-7-15)30-16-8-3-13(10-24-16)20(21,22)23/h3-10H,1-2H3. The lowest BCUT2D eigenvalue weighted by Gasteiger charge is -2.08. The van der Waals surface area contributed by atoms with E-state index in [4.69, 9.17) is 9.47 Å². The number of esters is 1. The third-order valence-electron chi connectivity index (χ3n) is 4.12. The fourth-order valence-corrected chi connectivity index (χ4v) is 2.71. The molecular formula is C20H14F3N5O3. The lowest BCUT2D eigenvalue weighted by atomic mass is 10.3. The maximum atomic E-state index is 12.6. The molecule has 158 valence electrons. The molecule has 0 fully saturated rings. The number of pyridine rings is 1. The van der Waals surface area contributed by atoms with Gasteiger partial charge in [-0.25, -0.2) is 19.3 Å². The molecule has 4 aromatic rings. The van der Waals surface area contributed by atoms with E-state index in [0.29, 0.717) is 11.9 Å². The van der Waals surface area contributed by atoms with Crippen LogP contribution in [-0.4, -0.2) is 30.5 Å². The number of hydrogen-bond donors (Lipinski definition) is 0. The van der Waals surface area contributed by atoms with Crippen molar-refractivity contribution >= 4 is 11.7 Å². The smallest absolute Gasteiger partial charge is 0.417 e. The monoisotopic (exact) mass is 429 g/mol. The van der Waals surface area contributed by atoms with E-state index in [1.807, 2.05) is 13.8 Å². The lowest BCUT2D eigenvalue weighted by Crippen LogP contribution is -2.11. The minimum atomic E-state index is -4.47. The second-order valence-corrected chi connectivity index (χ2v) is 6.53. The van der Waals surface area contributed by atoms with Crippen molar-refractivity contribution in [3.63, 3.8) is 0 Å². The average molecular weight is 429 g/mol. The van der Waals surface area contributed by atoms with Crippen LogP contribution in [0.5, 0.6) is 17.4 Å². The van der Waals surface area contributed by atoms with Crippen LogP contribution in [0, 0.1) is 13.8 Å². The SMILES string of the molecule is Cc1cc(C)n2nc(C(=O)Oc3ccc(Oc4ccc(C(F)(F)F)cn4)cc3)nc2n1. The summed E-state index contributed by atoms with van der Waals surface area (Å²) in [5.41, 5.74) is 0.645. The molecule has 0 aliphatic rings. The molecule has 0 spiro atoms. The van der Waals surface area contributed by atoms with Gasteiger partial charge in [0.05, 0.1) is 5.56 Å². The van der Waals surface area contributed by atoms with E-state index in [-0.39, 0.29) is 23.2 Å². The van der Waals surface area contributed by atoms with Crippen LogP contribution in [0.1, 0.15) is 27.6 Å². The highest BCUT2D eigenvalue weighted by Crippen LogP contribution is 2.30. The molecule has 0 amide bonds. The molecule has 3 aromatic heterocycles. The maximum absolute atomic E-state index is 12.6. The zero-order valence-electron chi connectivity index (χ0n) is 16.2. The van der Waals surface area contributed by atoms with Crippen LogP contribution < -0.4 is 9.47 Å². The van der Waals surface area contributed by atoms with Gasteiger partial charge in [0, 0.05) is 23.7 Å². The quantitative estimate of drug-likeness (QED) is 0.355. The van der Waals surface area contributed by atoms with Crippen molar-refractivity contribution in [3.8, 4) is 17.4 Å². The first-order valence-electron chi connectivity index (χ1n) is 8.93. The van der Waals surface area contributed by atoms with Gasteiger partial charge >= 0.3 is 12.1 Å². The Morgan fingerprint density at radius 2 is 1.71 bits per heavy atom. The Labute approximate surface area is 173 Å². The number of ether oxygens (including phenoxy) is 2. The third kappa shape index (κ3) is 4.44. The molecule has 4 rings (SSSR count). The number of aromatic nitrogens is 5. The molecule has 0 saturated heterocycles. The number of halogens is 3. The second-order valence-electron chi connectivity index (χ2n) is 6.53. The van der Waals surface area contributed by atoms with Crippen molar-refractivity contribution in [2.75, 3.05) is 0 Å². The lowest BCUT2D eigenvalue weighted by molar-refractivity contribution is -0.137. The van der Waals surface area contributed by atoms with Crippen LogP contribution in [0.15, 0.2) is 48.7 Å². The van der Waals surface area contributed by atoms with Crippen LogP contribution in [0.3, 0.4) is 0 Å². The number of rotatable bonds is 4. The Kier molecular flexibility index (Phi) is 5.01. The van der Waals surface area contributed by atoms with Crippen LogP contribution in [0.4, 0.5) is 13.2 Å². The Morgan fingerprint density at radius 1 is 1.00 bits per heavy atom. The normalized spacial score (nSPS) is 11.5. The Hall–Kier alpha value is -4.02. The van der Waals surface area contributed by atoms with Crippen molar-refractivity contribution in [1.82, 2.24) is 24.6 Å². The van der Waals surface area contributed by atoms with Crippen LogP contribution >= 0.6 is 0 Å². The summed E-state index contributed by atoms with van der Waals surface area (Å²) in [6, 6.07) is 9.67. The fraction of sp³-hybridized carbons (Fsp3) is 0.150. The predicted octanol–water partition coefficient (Wildman–Crippen LogP) is 4.17. The highest BCUT2D eigenvalue weighted by molar-refractivity contribution is 5.87. The third-order valence-corrected chi connectivity index (χ3v) is 4.12. The number of hydrogen-bond acceptors (Lipinski definition) is 7. The van der Waals surface area contributed by atoms with E-state index in [1.54, 1.807) is 6.07 Å². The van der Waals surface area contributed by atoms with Gasteiger partial charge in [0.15, 0.2) is 0 Å². The van der Waals surface area contributed by atoms with E-state index < -0.39 is 17.7 Å². The number of carbonyl (C=O) groups is 1. The molecular weight excluding hydrogens is 415 g/mol. The molecule has 1 aromatic carbocycles. The number of carbonyl (C=O) groups excluding carboxylic acids is 1. The van der Waals surface area contributed by atoms with Gasteiger partial charge in [0.25, 0.3) is 11.6 Å². The van der Waals surface area contributed by atoms with Gasteiger partial charge in [-0.1, -0.05) is 0 Å². The number of aryl methyl sites for hydroxylation is 2. The van der Waals surface area contributed by atoms with Crippen LogP contribution in [0.2, 0.25) is 0 Å². The van der Waals surface area contributed by atoms with Crippen molar-refractivity contribution in [2.24, 2.45) is 0 Å². The summed E-state index contributed by atoms with van der Waals surface area (Å²) in [5.74, 6) is -0.121. The van der Waals surface area contributed by atoms with Gasteiger partial charge in [-0.3, -0.25) is 0 Å². The largest absolute Gasteiger partial charge is 0.439 e. The van der Waals surface area contributed by atoms with E-state index in [1.165, 1.54) is 28.8 Å². The summed E-state index contributed by atoms with van der Waals surface area (Å²) < 4.78 is 49.8. The molecule has 0 aliphatic heterocycles. The average Bonchev–Trinajstić information content (AvgIpc) is 3.14. The molecule has 3 heterocycles. The molecule has 31 heavy (non-hydrogen) atoms. The molecule has 0 unspecified atom stereocenters. The Bertz CT molecular complexity index is 1250. The zero-order chi connectivity index (χ0) is 22.2. The summed E-state index contributed by atoms with van der Waals surface area (Å²) >= 11 is 0. The first kappa shape index (κ1) is 20.3. The van der Waals surface area contributed by atoms with Crippen molar-refractivity contribution < 1.29 is 27.4 Å². The number of fused-ring (bicyclic) bond motifs is 1. The highest BCUT2D eigenvalue weighted by Gasteiger charge is 2.30. The van der Waals surface area contributed by atoms with Gasteiger partial charge in [-0.15, -0.1) is 5.10 Å². The topological polar surface area (TPSA) is 91.5 Å². The molecule has 0 aliphatic carbocycles. The van der Waals surface area contributed by atoms with Crippen LogP contribution in [0.25, 0.3) is 5.78 Å². The minimum Gasteiger partial charge on any atom is -0.439 e. The molecule has 0 saturated carbocycles. The zero-order valence-corrected chi connectivity index (χ0v) is 16.2. The van der Waals surface area contributed by atoms with E-state index in [9.17, 15) is 18.0 Å². The molecule has 0 N–H and O–H groups in total. The fourth-order valence-electron chi connectivity index (χ4n) is 2.71. The summed E-state index contributed by atoms with van der Waals surface area (Å²) in [6.45, 7) is 3.62. The first-order valence-corrected chi connectivity index (χ1v) is 8.93. The summed E-state index contributed by atoms with van der Waals surface area (Å²) in [7, 11) is 0. The number of nitrogens with zero attached hydrogens (tertiary/aromatic N) is 5. The summed E-state index contributed by atoms with van der Waals surface area (Å²) in [6.07, 6.45) is -3.79. The van der Waals surface area contributed by atoms with E-state index in [2.05, 4.69) is 20.1 Å². The number of alkyl halides is 3. The van der Waals surface area contributed by atoms with Crippen molar-refractivity contribution in [3.05, 3.63) is 71.4 Å². The van der Waals surface area contributed by atoms with Crippen molar-refractivity contribution in [1.29, 1.82) is 0 Å². The van der Waals surface area contributed by atoms with Crippen molar-refractivity contribution in [2.45, 2.75) is 20.0 Å². The Balaban J connectivity index is 1.44. The van der Waals surface area contributed by atoms with Gasteiger partial charge in [-0.05, 0) is 50.2 Å². The Morgan fingerprint density at radius 3 is 2.35 bits per heavy atom. The summed E-state index contributed by atoms with van der Waals surface area (Å²) in [5, 5.41) is 4.10. The first-order chi connectivity index (χ1) is 14.7. The minimum absolute atomic E-state index is 0.00944. The molecule has 0 atom stereocenters. The van der Waals surface area contributed by atoms with Crippen LogP contribution in [-0.2, 0) is 6.18 Å². The van der Waals surface area contributed by atoms with E-state index in [0.717, 1.165) is 23.5 Å². The van der Waals surface area contributed by atoms with E-state index >= 15 is 0 Å². The highest BCUT2D eigenvalue weighted by atomic mass is 19.4. The molecule has 8 nitrogen and oxygen atoms in total. The second kappa shape index (κ2) is 7.67. The van der Waals surface area contributed by atoms with Gasteiger partial charge < -0.3 is 9.47 Å². The van der Waals surface area contributed by atoms with Gasteiger partial charge in [0.2, 0.25) is 5.88 Å². The van der Waals surface area contributed by atoms with Gasteiger partial charge in [-0.2, -0.15) is 18.2 Å². The molecule has 0 bridgehead atoms. The van der Waals surface area contributed by atoms with Gasteiger partial charge in [0.1, 0.15) is 11.5 Å². The molecule has 0 radical (unpaired) electrons. The molecule has 11 heteroatoms. The predicted molar refractivity (Wildman–Crippen MR) is 101 cm³/mol. The summed E-state index contributed by atoms with van der Waals surface area (Å²) in [4.78, 5) is 24.3. The number of benzene rings is 1.